The van der Waals surface area contributed by atoms with E-state index in [2.05, 4.69) is 29.4 Å². The molecule has 0 saturated heterocycles. The van der Waals surface area contributed by atoms with E-state index in [-0.39, 0.29) is 5.41 Å². The molecule has 1 fully saturated rings. The van der Waals surface area contributed by atoms with Gasteiger partial charge in [-0.05, 0) is 44.2 Å². The molecular formula is C15H17NO. The summed E-state index contributed by atoms with van der Waals surface area (Å²) in [6.07, 6.45) is 6.27. The average Bonchev–Trinajstić information content (AvgIpc) is 3.02. The van der Waals surface area contributed by atoms with Crippen molar-refractivity contribution in [3.63, 3.8) is 0 Å². The van der Waals surface area contributed by atoms with E-state index in [1.807, 2.05) is 6.07 Å². The van der Waals surface area contributed by atoms with Crippen LogP contribution >= 0.6 is 0 Å². The predicted molar refractivity (Wildman–Crippen MR) is 69.0 cm³/mol. The number of rotatable bonds is 4. The van der Waals surface area contributed by atoms with Gasteiger partial charge in [0.25, 0.3) is 0 Å². The molecule has 2 heteroatoms. The van der Waals surface area contributed by atoms with Gasteiger partial charge in [-0.3, -0.25) is 4.79 Å². The van der Waals surface area contributed by atoms with Crippen LogP contribution in [0.5, 0.6) is 0 Å². The number of carbonyl (C=O) groups excluding carboxylic acids is 1. The second kappa shape index (κ2) is 3.73. The number of para-hydroxylation sites is 1. The number of fused-ring (bicyclic) bond motifs is 1. The number of benzene rings is 1. The van der Waals surface area contributed by atoms with E-state index >= 15 is 0 Å². The third-order valence-electron chi connectivity index (χ3n) is 4.15. The van der Waals surface area contributed by atoms with Crippen molar-refractivity contribution in [3.05, 3.63) is 36.0 Å². The van der Waals surface area contributed by atoms with Gasteiger partial charge < -0.3 is 4.98 Å². The van der Waals surface area contributed by atoms with Crippen molar-refractivity contribution in [2.75, 3.05) is 0 Å². The fourth-order valence-corrected chi connectivity index (χ4v) is 2.64. The molecule has 1 aromatic carbocycles. The Kier molecular flexibility index (Phi) is 2.32. The summed E-state index contributed by atoms with van der Waals surface area (Å²) in [5.74, 6) is 0.373. The summed E-state index contributed by atoms with van der Waals surface area (Å²) in [4.78, 5) is 14.8. The molecule has 0 radical (unpaired) electrons. The SMILES string of the molecule is CC(=O)C1(CCc2c[nH]c3ccccc23)CC1. The molecule has 0 spiro atoms. The summed E-state index contributed by atoms with van der Waals surface area (Å²) < 4.78 is 0. The van der Waals surface area contributed by atoms with Gasteiger partial charge >= 0.3 is 0 Å². The zero-order chi connectivity index (χ0) is 11.9. The molecule has 0 bridgehead atoms. The van der Waals surface area contributed by atoms with Gasteiger partial charge in [-0.2, -0.15) is 0 Å². The number of aryl methyl sites for hydroxylation is 1. The number of H-pyrrole nitrogens is 1. The third kappa shape index (κ3) is 1.78. The van der Waals surface area contributed by atoms with Crippen LogP contribution in [-0.2, 0) is 11.2 Å². The van der Waals surface area contributed by atoms with E-state index in [4.69, 9.17) is 0 Å². The lowest BCUT2D eigenvalue weighted by Gasteiger charge is -2.09. The summed E-state index contributed by atoms with van der Waals surface area (Å²) in [7, 11) is 0. The maximum atomic E-state index is 11.5. The summed E-state index contributed by atoms with van der Waals surface area (Å²) in [5, 5.41) is 1.30. The molecule has 2 nitrogen and oxygen atoms in total. The Labute approximate surface area is 101 Å². The average molecular weight is 227 g/mol. The molecule has 0 aliphatic heterocycles. The first-order valence-electron chi connectivity index (χ1n) is 6.27. The smallest absolute Gasteiger partial charge is 0.135 e. The summed E-state index contributed by atoms with van der Waals surface area (Å²) in [6, 6.07) is 8.35. The van der Waals surface area contributed by atoms with Crippen LogP contribution < -0.4 is 0 Å². The van der Waals surface area contributed by atoms with Crippen molar-refractivity contribution in [1.29, 1.82) is 0 Å². The lowest BCUT2D eigenvalue weighted by Crippen LogP contribution is -2.12. The van der Waals surface area contributed by atoms with Gasteiger partial charge in [-0.15, -0.1) is 0 Å². The number of nitrogens with one attached hydrogen (secondary N) is 1. The van der Waals surface area contributed by atoms with Crippen LogP contribution in [0.3, 0.4) is 0 Å². The van der Waals surface area contributed by atoms with Crippen molar-refractivity contribution < 1.29 is 4.79 Å². The van der Waals surface area contributed by atoms with Crippen LogP contribution in [0.2, 0.25) is 0 Å². The summed E-state index contributed by atoms with van der Waals surface area (Å²) >= 11 is 0. The van der Waals surface area contributed by atoms with Gasteiger partial charge in [0.1, 0.15) is 5.78 Å². The lowest BCUT2D eigenvalue weighted by atomic mass is 9.93. The number of aromatic amines is 1. The normalized spacial score (nSPS) is 17.2. The first-order valence-corrected chi connectivity index (χ1v) is 6.27. The number of hydrogen-bond donors (Lipinski definition) is 1. The van der Waals surface area contributed by atoms with E-state index in [0.29, 0.717) is 5.78 Å². The Bertz CT molecular complexity index is 563. The molecule has 0 amide bonds. The number of Topliss-reactive ketones (excluding diaryl/α,β-unsaturated/α-hetero) is 1. The van der Waals surface area contributed by atoms with Crippen molar-refractivity contribution in [1.82, 2.24) is 4.98 Å². The Balaban J connectivity index is 1.80. The first-order chi connectivity index (χ1) is 8.21. The quantitative estimate of drug-likeness (QED) is 0.852. The minimum atomic E-state index is 0.0262. The fraction of sp³-hybridized carbons (Fsp3) is 0.400. The molecule has 1 heterocycles. The van der Waals surface area contributed by atoms with Crippen molar-refractivity contribution in [3.8, 4) is 0 Å². The second-order valence-electron chi connectivity index (χ2n) is 5.20. The Morgan fingerprint density at radius 3 is 2.82 bits per heavy atom. The van der Waals surface area contributed by atoms with Gasteiger partial charge in [-0.1, -0.05) is 18.2 Å². The highest BCUT2D eigenvalue weighted by Gasteiger charge is 2.46. The van der Waals surface area contributed by atoms with Crippen LogP contribution in [0.25, 0.3) is 10.9 Å². The molecule has 1 aromatic heterocycles. The highest BCUT2D eigenvalue weighted by molar-refractivity contribution is 5.85. The molecule has 1 aliphatic rings. The number of carbonyl (C=O) groups is 1. The number of hydrogen-bond acceptors (Lipinski definition) is 1. The zero-order valence-electron chi connectivity index (χ0n) is 10.1. The van der Waals surface area contributed by atoms with E-state index in [1.54, 1.807) is 6.92 Å². The molecule has 1 saturated carbocycles. The van der Waals surface area contributed by atoms with E-state index in [1.165, 1.54) is 16.5 Å². The van der Waals surface area contributed by atoms with Gasteiger partial charge in [0.15, 0.2) is 0 Å². The van der Waals surface area contributed by atoms with E-state index < -0.39 is 0 Å². The topological polar surface area (TPSA) is 32.9 Å². The highest BCUT2D eigenvalue weighted by Crippen LogP contribution is 2.50. The minimum Gasteiger partial charge on any atom is -0.361 e. The third-order valence-corrected chi connectivity index (χ3v) is 4.15. The largest absolute Gasteiger partial charge is 0.361 e. The number of ketones is 1. The molecule has 3 rings (SSSR count). The van der Waals surface area contributed by atoms with Crippen LogP contribution in [0.4, 0.5) is 0 Å². The maximum absolute atomic E-state index is 11.5. The van der Waals surface area contributed by atoms with Crippen molar-refractivity contribution in [2.24, 2.45) is 5.41 Å². The minimum absolute atomic E-state index is 0.0262. The second-order valence-corrected chi connectivity index (χ2v) is 5.20. The van der Waals surface area contributed by atoms with Gasteiger partial charge in [0.05, 0.1) is 0 Å². The van der Waals surface area contributed by atoms with E-state index in [0.717, 1.165) is 25.7 Å². The Morgan fingerprint density at radius 1 is 1.35 bits per heavy atom. The zero-order valence-corrected chi connectivity index (χ0v) is 10.1. The maximum Gasteiger partial charge on any atom is 0.135 e. The van der Waals surface area contributed by atoms with Gasteiger partial charge in [0, 0.05) is 22.5 Å². The molecule has 17 heavy (non-hydrogen) atoms. The highest BCUT2D eigenvalue weighted by atomic mass is 16.1. The Morgan fingerprint density at radius 2 is 2.12 bits per heavy atom. The van der Waals surface area contributed by atoms with Crippen LogP contribution in [0.1, 0.15) is 31.7 Å². The Hall–Kier alpha value is -1.57. The molecule has 0 unspecified atom stereocenters. The molecule has 1 N–H and O–H groups in total. The van der Waals surface area contributed by atoms with Gasteiger partial charge in [-0.25, -0.2) is 0 Å². The monoisotopic (exact) mass is 227 g/mol. The summed E-state index contributed by atoms with van der Waals surface area (Å²) in [6.45, 7) is 1.74. The standard InChI is InChI=1S/C15H17NO/c1-11(17)15(8-9-15)7-6-12-10-16-14-5-3-2-4-13(12)14/h2-5,10,16H,6-9H2,1H3. The van der Waals surface area contributed by atoms with Crippen molar-refractivity contribution >= 4 is 16.7 Å². The molecule has 2 aromatic rings. The molecule has 1 aliphatic carbocycles. The fourth-order valence-electron chi connectivity index (χ4n) is 2.64. The molecule has 0 atom stereocenters. The van der Waals surface area contributed by atoms with Crippen LogP contribution in [0.15, 0.2) is 30.5 Å². The first kappa shape index (κ1) is 10.6. The van der Waals surface area contributed by atoms with Crippen LogP contribution in [-0.4, -0.2) is 10.8 Å². The predicted octanol–water partition coefficient (Wildman–Crippen LogP) is 3.47. The summed E-state index contributed by atoms with van der Waals surface area (Å²) in [5.41, 5.74) is 2.56. The lowest BCUT2D eigenvalue weighted by molar-refractivity contribution is -0.122. The van der Waals surface area contributed by atoms with Crippen molar-refractivity contribution in [2.45, 2.75) is 32.6 Å². The molecule has 88 valence electrons. The van der Waals surface area contributed by atoms with Crippen LogP contribution in [0, 0.1) is 5.41 Å². The molecular weight excluding hydrogens is 210 g/mol. The van der Waals surface area contributed by atoms with E-state index in [9.17, 15) is 4.79 Å². The number of aromatic nitrogens is 1. The van der Waals surface area contributed by atoms with Gasteiger partial charge in [0.2, 0.25) is 0 Å².